The molecule has 166 valence electrons. The number of nitrogens with zero attached hydrogens (tertiary/aromatic N) is 3. The summed E-state index contributed by atoms with van der Waals surface area (Å²) in [6.07, 6.45) is 2.77. The predicted molar refractivity (Wildman–Crippen MR) is 127 cm³/mol. The Balaban J connectivity index is 1.39. The van der Waals surface area contributed by atoms with E-state index in [9.17, 15) is 9.59 Å². The Bertz CT molecular complexity index is 1070. The van der Waals surface area contributed by atoms with Gasteiger partial charge in [-0.1, -0.05) is 55.9 Å². The average Bonchev–Trinajstić information content (AvgIpc) is 3.54. The highest BCUT2D eigenvalue weighted by Gasteiger charge is 2.30. The van der Waals surface area contributed by atoms with Crippen molar-refractivity contribution in [2.24, 2.45) is 5.92 Å². The molecule has 0 saturated heterocycles. The van der Waals surface area contributed by atoms with Gasteiger partial charge in [0.1, 0.15) is 5.82 Å². The molecule has 7 heteroatoms. The van der Waals surface area contributed by atoms with Crippen LogP contribution in [-0.2, 0) is 11.3 Å². The number of nitrogens with one attached hydrogen (secondary N) is 1. The number of aromatic nitrogens is 3. The van der Waals surface area contributed by atoms with Gasteiger partial charge < -0.3 is 9.88 Å². The summed E-state index contributed by atoms with van der Waals surface area (Å²) in [5, 5.41) is 12.5. The van der Waals surface area contributed by atoms with Crippen LogP contribution in [0.5, 0.6) is 0 Å². The molecule has 1 heterocycles. The third kappa shape index (κ3) is 5.85. The third-order valence-electron chi connectivity index (χ3n) is 5.29. The van der Waals surface area contributed by atoms with Gasteiger partial charge in [0.25, 0.3) is 0 Å². The number of Topliss-reactive ketones (excluding diaryl/α,β-unsaturated/α-hetero) is 1. The van der Waals surface area contributed by atoms with E-state index in [4.69, 9.17) is 0 Å². The number of anilines is 1. The van der Waals surface area contributed by atoms with E-state index in [-0.39, 0.29) is 17.4 Å². The molecule has 3 aromatic rings. The van der Waals surface area contributed by atoms with Gasteiger partial charge in [-0.05, 0) is 48.6 Å². The Labute approximate surface area is 192 Å². The van der Waals surface area contributed by atoms with Crippen LogP contribution in [0, 0.1) is 5.92 Å². The molecule has 0 unspecified atom stereocenters. The first-order chi connectivity index (χ1) is 15.5. The van der Waals surface area contributed by atoms with Crippen LogP contribution in [-0.4, -0.2) is 32.2 Å². The Hall–Kier alpha value is -2.93. The SMILES string of the molecule is CC(C)CC(=O)Nc1ccc(C(=O)CSc2nnc(C3CC3)n2Cc2ccccc2)cc1. The van der Waals surface area contributed by atoms with Crippen molar-refractivity contribution in [1.82, 2.24) is 14.8 Å². The fraction of sp³-hybridized carbons (Fsp3) is 0.360. The zero-order valence-corrected chi connectivity index (χ0v) is 19.3. The summed E-state index contributed by atoms with van der Waals surface area (Å²) in [5.41, 5.74) is 2.52. The van der Waals surface area contributed by atoms with Gasteiger partial charge in [-0.25, -0.2) is 0 Å². The Morgan fingerprint density at radius 3 is 2.44 bits per heavy atom. The molecule has 2 aromatic carbocycles. The smallest absolute Gasteiger partial charge is 0.224 e. The topological polar surface area (TPSA) is 76.9 Å². The van der Waals surface area contributed by atoms with E-state index in [1.165, 1.54) is 17.3 Å². The van der Waals surface area contributed by atoms with Gasteiger partial charge in [0, 0.05) is 23.6 Å². The fourth-order valence-electron chi connectivity index (χ4n) is 3.50. The summed E-state index contributed by atoms with van der Waals surface area (Å²) in [4.78, 5) is 24.7. The van der Waals surface area contributed by atoms with Crippen LogP contribution in [0.4, 0.5) is 5.69 Å². The molecule has 1 aromatic heterocycles. The van der Waals surface area contributed by atoms with Gasteiger partial charge in [-0.2, -0.15) is 0 Å². The van der Waals surface area contributed by atoms with E-state index in [0.29, 0.717) is 36.1 Å². The molecule has 4 rings (SSSR count). The van der Waals surface area contributed by atoms with Crippen molar-refractivity contribution >= 4 is 29.1 Å². The minimum absolute atomic E-state index is 0.0150. The van der Waals surface area contributed by atoms with Gasteiger partial charge in [0.2, 0.25) is 5.91 Å². The minimum atomic E-state index is -0.0150. The number of hydrogen-bond donors (Lipinski definition) is 1. The second-order valence-corrected chi connectivity index (χ2v) is 9.56. The van der Waals surface area contributed by atoms with E-state index in [1.807, 2.05) is 32.0 Å². The molecule has 0 spiro atoms. The molecule has 1 N–H and O–H groups in total. The highest BCUT2D eigenvalue weighted by atomic mass is 32.2. The maximum Gasteiger partial charge on any atom is 0.224 e. The summed E-state index contributed by atoms with van der Waals surface area (Å²) in [5.74, 6) is 2.10. The predicted octanol–water partition coefficient (Wildman–Crippen LogP) is 5.16. The normalized spacial score (nSPS) is 13.3. The Kier molecular flexibility index (Phi) is 7.05. The number of thioether (sulfide) groups is 1. The van der Waals surface area contributed by atoms with Crippen molar-refractivity contribution in [3.63, 3.8) is 0 Å². The lowest BCUT2D eigenvalue weighted by molar-refractivity contribution is -0.116. The minimum Gasteiger partial charge on any atom is -0.326 e. The van der Waals surface area contributed by atoms with Crippen molar-refractivity contribution in [3.05, 3.63) is 71.5 Å². The van der Waals surface area contributed by atoms with Crippen LogP contribution >= 0.6 is 11.8 Å². The van der Waals surface area contributed by atoms with E-state index in [1.54, 1.807) is 24.3 Å². The second kappa shape index (κ2) is 10.1. The van der Waals surface area contributed by atoms with Crippen molar-refractivity contribution < 1.29 is 9.59 Å². The molecule has 0 aliphatic heterocycles. The molecular weight excluding hydrogens is 420 g/mol. The van der Waals surface area contributed by atoms with E-state index < -0.39 is 0 Å². The van der Waals surface area contributed by atoms with Crippen LogP contribution in [0.15, 0.2) is 59.8 Å². The molecule has 0 bridgehead atoms. The van der Waals surface area contributed by atoms with Crippen molar-refractivity contribution in [3.8, 4) is 0 Å². The Morgan fingerprint density at radius 2 is 1.78 bits per heavy atom. The number of carbonyl (C=O) groups is 2. The van der Waals surface area contributed by atoms with Crippen LogP contribution in [0.3, 0.4) is 0 Å². The van der Waals surface area contributed by atoms with Gasteiger partial charge in [0.15, 0.2) is 10.9 Å². The van der Waals surface area contributed by atoms with E-state index in [2.05, 4.69) is 32.2 Å². The van der Waals surface area contributed by atoms with Gasteiger partial charge in [0.05, 0.1) is 12.3 Å². The van der Waals surface area contributed by atoms with Crippen LogP contribution in [0.2, 0.25) is 0 Å². The lowest BCUT2D eigenvalue weighted by Crippen LogP contribution is -2.14. The molecule has 1 saturated carbocycles. The maximum absolute atomic E-state index is 12.8. The number of hydrogen-bond acceptors (Lipinski definition) is 5. The van der Waals surface area contributed by atoms with Crippen LogP contribution in [0.25, 0.3) is 0 Å². The molecule has 6 nitrogen and oxygen atoms in total. The number of rotatable bonds is 10. The average molecular weight is 449 g/mol. The lowest BCUT2D eigenvalue weighted by atomic mass is 10.1. The van der Waals surface area contributed by atoms with Gasteiger partial charge in [-0.15, -0.1) is 10.2 Å². The molecule has 0 atom stereocenters. The summed E-state index contributed by atoms with van der Waals surface area (Å²) in [7, 11) is 0. The van der Waals surface area contributed by atoms with Crippen molar-refractivity contribution in [1.29, 1.82) is 0 Å². The molecule has 1 aliphatic rings. The first kappa shape index (κ1) is 22.3. The molecule has 0 radical (unpaired) electrons. The number of amides is 1. The molecule has 1 aliphatic carbocycles. The third-order valence-corrected chi connectivity index (χ3v) is 6.25. The summed E-state index contributed by atoms with van der Waals surface area (Å²) in [6.45, 7) is 4.72. The fourth-order valence-corrected chi connectivity index (χ4v) is 4.34. The molecule has 32 heavy (non-hydrogen) atoms. The first-order valence-corrected chi connectivity index (χ1v) is 12.0. The summed E-state index contributed by atoms with van der Waals surface area (Å²) >= 11 is 1.43. The summed E-state index contributed by atoms with van der Waals surface area (Å²) < 4.78 is 2.15. The van der Waals surface area contributed by atoms with Crippen molar-refractivity contribution in [2.75, 3.05) is 11.1 Å². The van der Waals surface area contributed by atoms with E-state index >= 15 is 0 Å². The van der Waals surface area contributed by atoms with Crippen LogP contribution < -0.4 is 5.32 Å². The standard InChI is InChI=1S/C25H28N4O2S/c1-17(2)14-23(31)26-21-12-10-19(11-13-21)22(30)16-32-25-28-27-24(20-8-9-20)29(25)15-18-6-4-3-5-7-18/h3-7,10-13,17,20H,8-9,14-16H2,1-2H3,(H,26,31). The largest absolute Gasteiger partial charge is 0.326 e. The van der Waals surface area contributed by atoms with Crippen molar-refractivity contribution in [2.45, 2.75) is 50.7 Å². The first-order valence-electron chi connectivity index (χ1n) is 11.0. The second-order valence-electron chi connectivity index (χ2n) is 8.62. The monoisotopic (exact) mass is 448 g/mol. The van der Waals surface area contributed by atoms with Gasteiger partial charge in [-0.3, -0.25) is 9.59 Å². The molecular formula is C25H28N4O2S. The van der Waals surface area contributed by atoms with Crippen LogP contribution in [0.1, 0.15) is 60.8 Å². The highest BCUT2D eigenvalue weighted by molar-refractivity contribution is 7.99. The Morgan fingerprint density at radius 1 is 1.06 bits per heavy atom. The number of benzene rings is 2. The van der Waals surface area contributed by atoms with Gasteiger partial charge >= 0.3 is 0 Å². The highest BCUT2D eigenvalue weighted by Crippen LogP contribution is 2.40. The summed E-state index contributed by atoms with van der Waals surface area (Å²) in [6, 6.07) is 17.3. The van der Waals surface area contributed by atoms with E-state index in [0.717, 1.165) is 23.8 Å². The zero-order chi connectivity index (χ0) is 22.5. The molecule has 1 amide bonds. The quantitative estimate of drug-likeness (QED) is 0.342. The number of carbonyl (C=O) groups excluding carboxylic acids is 2. The zero-order valence-electron chi connectivity index (χ0n) is 18.5. The number of ketones is 1. The molecule has 1 fully saturated rings. The maximum atomic E-state index is 12.8. The lowest BCUT2D eigenvalue weighted by Gasteiger charge is -2.10.